The average Bonchev–Trinajstić information content (AvgIpc) is 3.03. The summed E-state index contributed by atoms with van der Waals surface area (Å²) in [5, 5.41) is 21.6. The summed E-state index contributed by atoms with van der Waals surface area (Å²) >= 11 is 0. The van der Waals surface area contributed by atoms with Crippen LogP contribution in [-0.4, -0.2) is 23.1 Å². The SMILES string of the molecule is C[C@@H](OC(=O)Cc1coc2cc(O)ccc12)C(=O)Nc1cccc(C#N)c1. The van der Waals surface area contributed by atoms with Crippen LogP contribution in [0.4, 0.5) is 5.69 Å². The molecule has 0 saturated carbocycles. The number of nitrogens with zero attached hydrogens (tertiary/aromatic N) is 1. The van der Waals surface area contributed by atoms with E-state index in [1.54, 1.807) is 24.3 Å². The maximum absolute atomic E-state index is 12.2. The number of nitriles is 1. The van der Waals surface area contributed by atoms with Crippen LogP contribution in [0.3, 0.4) is 0 Å². The lowest BCUT2D eigenvalue weighted by atomic mass is 10.1. The van der Waals surface area contributed by atoms with Gasteiger partial charge in [-0.3, -0.25) is 9.59 Å². The molecule has 0 saturated heterocycles. The number of amides is 1. The van der Waals surface area contributed by atoms with Gasteiger partial charge in [0.05, 0.1) is 24.3 Å². The maximum Gasteiger partial charge on any atom is 0.311 e. The largest absolute Gasteiger partial charge is 0.508 e. The number of hydrogen-bond acceptors (Lipinski definition) is 6. The van der Waals surface area contributed by atoms with E-state index in [0.29, 0.717) is 27.8 Å². The number of aromatic hydroxyl groups is 1. The number of benzene rings is 2. The lowest BCUT2D eigenvalue weighted by molar-refractivity contribution is -0.152. The molecule has 0 aliphatic carbocycles. The van der Waals surface area contributed by atoms with Gasteiger partial charge in [0.1, 0.15) is 11.3 Å². The Labute approximate surface area is 154 Å². The van der Waals surface area contributed by atoms with E-state index in [4.69, 9.17) is 14.4 Å². The molecule has 136 valence electrons. The van der Waals surface area contributed by atoms with E-state index >= 15 is 0 Å². The molecule has 1 amide bonds. The number of esters is 1. The van der Waals surface area contributed by atoms with Crippen molar-refractivity contribution in [1.82, 2.24) is 0 Å². The van der Waals surface area contributed by atoms with Crippen LogP contribution in [0.25, 0.3) is 11.0 Å². The van der Waals surface area contributed by atoms with E-state index in [-0.39, 0.29) is 12.2 Å². The predicted molar refractivity (Wildman–Crippen MR) is 96.9 cm³/mol. The van der Waals surface area contributed by atoms with Crippen molar-refractivity contribution in [3.05, 3.63) is 59.9 Å². The standard InChI is InChI=1S/C20H16N2O5/c1-12(20(25)22-15-4-2-3-13(7-15)10-21)27-19(24)8-14-11-26-18-9-16(23)5-6-17(14)18/h2-7,9,11-12,23H,8H2,1H3,(H,22,25)/t12-/m1/s1. The second kappa shape index (κ2) is 7.62. The number of hydrogen-bond donors (Lipinski definition) is 2. The molecule has 7 heteroatoms. The van der Waals surface area contributed by atoms with Crippen LogP contribution in [-0.2, 0) is 20.7 Å². The zero-order valence-electron chi connectivity index (χ0n) is 14.4. The number of furan rings is 1. The Balaban J connectivity index is 1.61. The van der Waals surface area contributed by atoms with Crippen molar-refractivity contribution in [2.75, 3.05) is 5.32 Å². The number of ether oxygens (including phenoxy) is 1. The molecular formula is C20H16N2O5. The molecule has 0 bridgehead atoms. The summed E-state index contributed by atoms with van der Waals surface area (Å²) in [6.07, 6.45) is 0.341. The van der Waals surface area contributed by atoms with Crippen LogP contribution < -0.4 is 5.32 Å². The fourth-order valence-electron chi connectivity index (χ4n) is 2.57. The van der Waals surface area contributed by atoms with Gasteiger partial charge in [-0.15, -0.1) is 0 Å². The van der Waals surface area contributed by atoms with Gasteiger partial charge in [-0.25, -0.2) is 0 Å². The first kappa shape index (κ1) is 18.0. The molecule has 1 heterocycles. The summed E-state index contributed by atoms with van der Waals surface area (Å²) in [7, 11) is 0. The van der Waals surface area contributed by atoms with E-state index in [2.05, 4.69) is 5.32 Å². The molecule has 7 nitrogen and oxygen atoms in total. The van der Waals surface area contributed by atoms with Crippen molar-refractivity contribution in [2.24, 2.45) is 0 Å². The highest BCUT2D eigenvalue weighted by Crippen LogP contribution is 2.25. The third-order valence-corrected chi connectivity index (χ3v) is 3.91. The van der Waals surface area contributed by atoms with Crippen molar-refractivity contribution < 1.29 is 23.8 Å². The number of carbonyl (C=O) groups is 2. The number of anilines is 1. The fourth-order valence-corrected chi connectivity index (χ4v) is 2.57. The third kappa shape index (κ3) is 4.25. The summed E-state index contributed by atoms with van der Waals surface area (Å²) in [5.74, 6) is -1.02. The van der Waals surface area contributed by atoms with E-state index in [0.717, 1.165) is 0 Å². The van der Waals surface area contributed by atoms with Crippen LogP contribution in [0.15, 0.2) is 53.1 Å². The van der Waals surface area contributed by atoms with Crippen LogP contribution >= 0.6 is 0 Å². The third-order valence-electron chi connectivity index (χ3n) is 3.91. The normalized spacial score (nSPS) is 11.6. The summed E-state index contributed by atoms with van der Waals surface area (Å²) in [5.41, 5.74) is 1.92. The average molecular weight is 364 g/mol. The van der Waals surface area contributed by atoms with Gasteiger partial charge in [-0.2, -0.15) is 5.26 Å². The van der Waals surface area contributed by atoms with Gasteiger partial charge >= 0.3 is 5.97 Å². The molecule has 1 atom stereocenters. The minimum absolute atomic E-state index is 0.0664. The molecule has 0 aliphatic heterocycles. The van der Waals surface area contributed by atoms with Gasteiger partial charge in [0.15, 0.2) is 6.10 Å². The molecule has 2 N–H and O–H groups in total. The summed E-state index contributed by atoms with van der Waals surface area (Å²) in [6.45, 7) is 1.47. The Hall–Kier alpha value is -3.79. The van der Waals surface area contributed by atoms with Crippen molar-refractivity contribution in [3.8, 4) is 11.8 Å². The molecule has 3 rings (SSSR count). The molecule has 0 aliphatic rings. The first-order valence-corrected chi connectivity index (χ1v) is 8.16. The van der Waals surface area contributed by atoms with Crippen LogP contribution in [0.2, 0.25) is 0 Å². The highest BCUT2D eigenvalue weighted by Gasteiger charge is 2.19. The Morgan fingerprint density at radius 3 is 2.89 bits per heavy atom. The summed E-state index contributed by atoms with van der Waals surface area (Å²) in [6, 6.07) is 13.0. The monoisotopic (exact) mass is 364 g/mol. The highest BCUT2D eigenvalue weighted by molar-refractivity contribution is 5.95. The van der Waals surface area contributed by atoms with Crippen molar-refractivity contribution in [1.29, 1.82) is 5.26 Å². The van der Waals surface area contributed by atoms with Crippen molar-refractivity contribution in [3.63, 3.8) is 0 Å². The fraction of sp³-hybridized carbons (Fsp3) is 0.150. The highest BCUT2D eigenvalue weighted by atomic mass is 16.5. The number of rotatable bonds is 5. The zero-order chi connectivity index (χ0) is 19.4. The molecule has 0 spiro atoms. The molecule has 0 unspecified atom stereocenters. The lowest BCUT2D eigenvalue weighted by Gasteiger charge is -2.13. The Bertz CT molecular complexity index is 1050. The van der Waals surface area contributed by atoms with E-state index in [1.807, 2.05) is 6.07 Å². The minimum atomic E-state index is -1.01. The van der Waals surface area contributed by atoms with Crippen molar-refractivity contribution in [2.45, 2.75) is 19.4 Å². The van der Waals surface area contributed by atoms with Crippen LogP contribution in [0.1, 0.15) is 18.1 Å². The number of phenolic OH excluding ortho intramolecular Hbond substituents is 1. The molecule has 3 aromatic rings. The van der Waals surface area contributed by atoms with E-state index < -0.39 is 18.0 Å². The summed E-state index contributed by atoms with van der Waals surface area (Å²) < 4.78 is 10.5. The summed E-state index contributed by atoms with van der Waals surface area (Å²) in [4.78, 5) is 24.3. The Morgan fingerprint density at radius 1 is 1.30 bits per heavy atom. The van der Waals surface area contributed by atoms with Gasteiger partial charge in [0.2, 0.25) is 0 Å². The zero-order valence-corrected chi connectivity index (χ0v) is 14.4. The van der Waals surface area contributed by atoms with E-state index in [1.165, 1.54) is 31.4 Å². The number of carbonyl (C=O) groups excluding carboxylic acids is 2. The molecule has 2 aromatic carbocycles. The maximum atomic E-state index is 12.2. The van der Waals surface area contributed by atoms with Gasteiger partial charge < -0.3 is 19.6 Å². The molecule has 0 radical (unpaired) electrons. The quantitative estimate of drug-likeness (QED) is 0.673. The lowest BCUT2D eigenvalue weighted by Crippen LogP contribution is -2.30. The molecule has 0 fully saturated rings. The van der Waals surface area contributed by atoms with Crippen LogP contribution in [0, 0.1) is 11.3 Å². The first-order chi connectivity index (χ1) is 13.0. The second-order valence-electron chi connectivity index (χ2n) is 5.93. The van der Waals surface area contributed by atoms with Gasteiger partial charge in [-0.1, -0.05) is 6.07 Å². The molecule has 1 aromatic heterocycles. The van der Waals surface area contributed by atoms with Crippen molar-refractivity contribution >= 4 is 28.5 Å². The minimum Gasteiger partial charge on any atom is -0.508 e. The Kier molecular flexibility index (Phi) is 5.08. The van der Waals surface area contributed by atoms with Crippen LogP contribution in [0.5, 0.6) is 5.75 Å². The van der Waals surface area contributed by atoms with Gasteiger partial charge in [0.25, 0.3) is 5.91 Å². The number of nitrogens with one attached hydrogen (secondary N) is 1. The second-order valence-corrected chi connectivity index (χ2v) is 5.93. The number of phenols is 1. The van der Waals surface area contributed by atoms with Gasteiger partial charge in [-0.05, 0) is 37.3 Å². The Morgan fingerprint density at radius 2 is 2.11 bits per heavy atom. The first-order valence-electron chi connectivity index (χ1n) is 8.16. The topological polar surface area (TPSA) is 113 Å². The predicted octanol–water partition coefficient (Wildman–Crippen LogP) is 3.12. The van der Waals surface area contributed by atoms with Gasteiger partial charge in [0, 0.05) is 22.7 Å². The van der Waals surface area contributed by atoms with E-state index in [9.17, 15) is 14.7 Å². The molecule has 27 heavy (non-hydrogen) atoms. The molecular weight excluding hydrogens is 348 g/mol. The number of fused-ring (bicyclic) bond motifs is 1. The smallest absolute Gasteiger partial charge is 0.311 e.